The first-order chi connectivity index (χ1) is 18.1. The summed E-state index contributed by atoms with van der Waals surface area (Å²) in [6, 6.07) is 20.3. The lowest BCUT2D eigenvalue weighted by Crippen LogP contribution is -2.32. The van der Waals surface area contributed by atoms with Crippen molar-refractivity contribution in [2.45, 2.75) is 25.9 Å². The molecule has 2 N–H and O–H groups in total. The van der Waals surface area contributed by atoms with Crippen molar-refractivity contribution in [2.75, 3.05) is 30.4 Å². The molecule has 4 aromatic rings. The normalized spacial score (nSPS) is 15.1. The van der Waals surface area contributed by atoms with Crippen LogP contribution < -0.4 is 15.5 Å². The minimum absolute atomic E-state index is 0.477. The Hall–Kier alpha value is -4.14. The zero-order chi connectivity index (χ0) is 25.6. The molecule has 1 saturated heterocycles. The summed E-state index contributed by atoms with van der Waals surface area (Å²) in [7, 11) is 2.17. The Morgan fingerprint density at radius 2 is 1.92 bits per heavy atom. The Morgan fingerprint density at radius 3 is 2.65 bits per heavy atom. The lowest BCUT2D eigenvalue weighted by molar-refractivity contribution is -0.106. The number of likely N-dealkylation sites (N-methyl/N-ethyl adjacent to an activating group) is 1. The van der Waals surface area contributed by atoms with E-state index in [9.17, 15) is 4.79 Å². The van der Waals surface area contributed by atoms with E-state index in [1.165, 1.54) is 12.0 Å². The zero-order valence-electron chi connectivity index (χ0n) is 21.1. The van der Waals surface area contributed by atoms with Gasteiger partial charge in [0.1, 0.15) is 0 Å². The van der Waals surface area contributed by atoms with Crippen molar-refractivity contribution in [3.05, 3.63) is 90.4 Å². The zero-order valence-corrected chi connectivity index (χ0v) is 21.1. The Kier molecular flexibility index (Phi) is 7.49. The molecule has 2 aromatic carbocycles. The molecule has 1 amide bonds. The van der Waals surface area contributed by atoms with Crippen molar-refractivity contribution in [1.29, 1.82) is 0 Å². The average molecular weight is 494 g/mol. The van der Waals surface area contributed by atoms with Gasteiger partial charge < -0.3 is 10.6 Å². The van der Waals surface area contributed by atoms with Crippen molar-refractivity contribution >= 4 is 29.4 Å². The van der Waals surface area contributed by atoms with Gasteiger partial charge in [-0.1, -0.05) is 18.2 Å². The molecule has 1 fully saturated rings. The highest BCUT2D eigenvalue weighted by atomic mass is 16.1. The third kappa shape index (κ3) is 5.82. The van der Waals surface area contributed by atoms with Crippen molar-refractivity contribution < 1.29 is 4.79 Å². The predicted octanol–water partition coefficient (Wildman–Crippen LogP) is 4.68. The van der Waals surface area contributed by atoms with Crippen molar-refractivity contribution in [3.8, 4) is 11.3 Å². The summed E-state index contributed by atoms with van der Waals surface area (Å²) in [5.74, 6) is 0.477. The largest absolute Gasteiger partial charge is 0.324 e. The van der Waals surface area contributed by atoms with E-state index in [0.717, 1.165) is 59.9 Å². The summed E-state index contributed by atoms with van der Waals surface area (Å²) < 4.78 is 0. The molecule has 1 aliphatic rings. The third-order valence-corrected chi connectivity index (χ3v) is 6.77. The van der Waals surface area contributed by atoms with Gasteiger partial charge in [0.25, 0.3) is 0 Å². The maximum atomic E-state index is 12.2. The summed E-state index contributed by atoms with van der Waals surface area (Å²) >= 11 is 0. The van der Waals surface area contributed by atoms with E-state index in [1.807, 2.05) is 55.5 Å². The summed E-state index contributed by atoms with van der Waals surface area (Å²) in [4.78, 5) is 29.4. The van der Waals surface area contributed by atoms with Gasteiger partial charge in [-0.05, 0) is 80.5 Å². The van der Waals surface area contributed by atoms with Crippen LogP contribution in [0.1, 0.15) is 17.5 Å². The highest BCUT2D eigenvalue weighted by Crippen LogP contribution is 2.30. The van der Waals surface area contributed by atoms with Crippen LogP contribution in [0.2, 0.25) is 0 Å². The first kappa shape index (κ1) is 24.5. The number of anilines is 4. The number of rotatable bonds is 9. The lowest BCUT2D eigenvalue weighted by Gasteiger charge is -2.24. The van der Waals surface area contributed by atoms with Gasteiger partial charge in [-0.15, -0.1) is 0 Å². The molecular formula is C29H31N7O. The molecule has 188 valence electrons. The maximum absolute atomic E-state index is 12.2. The van der Waals surface area contributed by atoms with Crippen LogP contribution in [0.3, 0.4) is 0 Å². The average Bonchev–Trinajstić information content (AvgIpc) is 3.48. The lowest BCUT2D eigenvalue weighted by atomic mass is 10.1. The molecule has 8 nitrogen and oxygen atoms in total. The molecule has 0 saturated carbocycles. The molecule has 2 aromatic heterocycles. The maximum Gasteiger partial charge on any atom is 0.227 e. The Labute approximate surface area is 217 Å². The van der Waals surface area contributed by atoms with Crippen LogP contribution in [-0.2, 0) is 11.3 Å². The summed E-state index contributed by atoms with van der Waals surface area (Å²) in [5, 5.41) is 6.73. The fourth-order valence-electron chi connectivity index (χ4n) is 4.57. The molecule has 0 spiro atoms. The van der Waals surface area contributed by atoms with Gasteiger partial charge in [-0.3, -0.25) is 19.6 Å². The first-order valence-corrected chi connectivity index (χ1v) is 12.5. The van der Waals surface area contributed by atoms with Crippen LogP contribution in [0.4, 0.5) is 23.0 Å². The Bertz CT molecular complexity index is 1340. The molecule has 0 bridgehead atoms. The SMILES string of the molecule is Cc1ccc(N(C=O)c2ccc(CN(C)C3CCNC3)cc2)cc1Nc1nccc(-c2cccnc2)n1. The molecule has 37 heavy (non-hydrogen) atoms. The van der Waals surface area contributed by atoms with Crippen LogP contribution >= 0.6 is 0 Å². The summed E-state index contributed by atoms with van der Waals surface area (Å²) in [6.07, 6.45) is 7.25. The standard InChI is InChI=1S/C29H31N7O/c1-21-5-8-25(16-28(21)34-29-32-15-12-27(33-29)23-4-3-13-30-17-23)36(20-37)24-9-6-22(7-10-24)19-35(2)26-11-14-31-18-26/h3-10,12-13,15-17,20,26,31H,11,14,18-19H2,1-2H3,(H,32,33,34). The minimum atomic E-state index is 0.477. The van der Waals surface area contributed by atoms with E-state index in [2.05, 4.69) is 49.7 Å². The van der Waals surface area contributed by atoms with Crippen molar-refractivity contribution in [2.24, 2.45) is 0 Å². The number of hydrogen-bond donors (Lipinski definition) is 2. The number of carbonyl (C=O) groups is 1. The van der Waals surface area contributed by atoms with Gasteiger partial charge in [0.15, 0.2) is 0 Å². The minimum Gasteiger partial charge on any atom is -0.324 e. The van der Waals surface area contributed by atoms with Crippen molar-refractivity contribution in [3.63, 3.8) is 0 Å². The number of benzene rings is 2. The molecule has 0 aliphatic carbocycles. The monoisotopic (exact) mass is 493 g/mol. The Morgan fingerprint density at radius 1 is 1.08 bits per heavy atom. The Balaban J connectivity index is 1.33. The smallest absolute Gasteiger partial charge is 0.227 e. The number of amides is 1. The highest BCUT2D eigenvalue weighted by molar-refractivity contribution is 5.88. The van der Waals surface area contributed by atoms with E-state index in [1.54, 1.807) is 23.5 Å². The van der Waals surface area contributed by atoms with Gasteiger partial charge >= 0.3 is 0 Å². The number of aromatic nitrogens is 3. The van der Waals surface area contributed by atoms with Gasteiger partial charge in [0.2, 0.25) is 12.4 Å². The van der Waals surface area contributed by atoms with Gasteiger partial charge in [0.05, 0.1) is 11.4 Å². The quantitative estimate of drug-likeness (QED) is 0.328. The molecule has 1 unspecified atom stereocenters. The molecular weight excluding hydrogens is 462 g/mol. The molecule has 3 heterocycles. The van der Waals surface area contributed by atoms with Crippen LogP contribution in [-0.4, -0.2) is 52.4 Å². The topological polar surface area (TPSA) is 86.3 Å². The highest BCUT2D eigenvalue weighted by Gasteiger charge is 2.19. The van der Waals surface area contributed by atoms with Crippen LogP contribution in [0, 0.1) is 6.92 Å². The number of hydrogen-bond acceptors (Lipinski definition) is 7. The molecule has 1 aliphatic heterocycles. The van der Waals surface area contributed by atoms with Gasteiger partial charge in [0, 0.05) is 54.7 Å². The second-order valence-corrected chi connectivity index (χ2v) is 9.34. The number of pyridine rings is 1. The molecule has 5 rings (SSSR count). The fraction of sp³-hybridized carbons (Fsp3) is 0.241. The van der Waals surface area contributed by atoms with Crippen LogP contribution in [0.25, 0.3) is 11.3 Å². The number of aryl methyl sites for hydroxylation is 1. The third-order valence-electron chi connectivity index (χ3n) is 6.77. The number of carbonyl (C=O) groups excluding carboxylic acids is 1. The van der Waals surface area contributed by atoms with E-state index in [0.29, 0.717) is 12.0 Å². The second kappa shape index (κ2) is 11.3. The van der Waals surface area contributed by atoms with E-state index >= 15 is 0 Å². The van der Waals surface area contributed by atoms with Crippen molar-refractivity contribution in [1.82, 2.24) is 25.2 Å². The first-order valence-electron chi connectivity index (χ1n) is 12.5. The van der Waals surface area contributed by atoms with E-state index in [-0.39, 0.29) is 0 Å². The van der Waals surface area contributed by atoms with Gasteiger partial charge in [-0.25, -0.2) is 9.97 Å². The van der Waals surface area contributed by atoms with E-state index < -0.39 is 0 Å². The number of nitrogens with zero attached hydrogens (tertiary/aromatic N) is 5. The molecule has 8 heteroatoms. The molecule has 1 atom stereocenters. The number of nitrogens with one attached hydrogen (secondary N) is 2. The summed E-state index contributed by atoms with van der Waals surface area (Å²) in [5.41, 5.74) is 6.34. The van der Waals surface area contributed by atoms with E-state index in [4.69, 9.17) is 0 Å². The molecule has 0 radical (unpaired) electrons. The van der Waals surface area contributed by atoms with Gasteiger partial charge in [-0.2, -0.15) is 0 Å². The van der Waals surface area contributed by atoms with Crippen LogP contribution in [0.15, 0.2) is 79.3 Å². The second-order valence-electron chi connectivity index (χ2n) is 9.34. The summed E-state index contributed by atoms with van der Waals surface area (Å²) in [6.45, 7) is 5.01. The van der Waals surface area contributed by atoms with Crippen LogP contribution in [0.5, 0.6) is 0 Å². The predicted molar refractivity (Wildman–Crippen MR) is 147 cm³/mol. The fourth-order valence-corrected chi connectivity index (χ4v) is 4.57.